The molecule has 3 atom stereocenters. The fourth-order valence-electron chi connectivity index (χ4n) is 14.4. The van der Waals surface area contributed by atoms with E-state index in [1.165, 1.54) is 33.8 Å². The van der Waals surface area contributed by atoms with Crippen LogP contribution in [0.5, 0.6) is 0 Å². The van der Waals surface area contributed by atoms with Gasteiger partial charge in [0.2, 0.25) is 0 Å². The average Bonchev–Trinajstić information content (AvgIpc) is 0.812. The molecule has 0 aliphatic carbocycles. The molecule has 0 unspecified atom stereocenters. The summed E-state index contributed by atoms with van der Waals surface area (Å²) in [5.74, 6) is 0.431. The molecule has 16 heteroatoms. The van der Waals surface area contributed by atoms with Crippen LogP contribution in [0.2, 0.25) is 0 Å². The number of aromatic carboxylic acids is 1. The van der Waals surface area contributed by atoms with E-state index in [9.17, 15) is 30.0 Å². The normalized spacial score (nSPS) is 18.2. The molecule has 0 saturated carbocycles. The molecule has 0 radical (unpaired) electrons. The smallest absolute Gasteiger partial charge is 0.410 e. The molecule has 0 aromatic heterocycles. The average molecular weight is 1340 g/mol. The molecule has 2 N–H and O–H groups in total. The number of piperazine rings is 3. The summed E-state index contributed by atoms with van der Waals surface area (Å²) in [5.41, 5.74) is 14.9. The second kappa shape index (κ2) is 35.5. The van der Waals surface area contributed by atoms with Crippen LogP contribution < -0.4 is 29.8 Å². The number of hydrogen-bond donors (Lipinski definition) is 2. The van der Waals surface area contributed by atoms with Gasteiger partial charge in [-0.15, -0.1) is 12.4 Å². The zero-order valence-corrected chi connectivity index (χ0v) is 60.2. The number of carboxylic acid groups (broad SMARTS) is 1. The van der Waals surface area contributed by atoms with Crippen LogP contribution in [0.25, 0.3) is 0 Å². The Kier molecular flexibility index (Phi) is 27.1. The van der Waals surface area contributed by atoms with Crippen molar-refractivity contribution in [3.8, 4) is 12.1 Å². The molecule has 518 valence electrons. The molecule has 5 saturated heterocycles. The molecule has 12 rings (SSSR count). The van der Waals surface area contributed by atoms with Gasteiger partial charge in [-0.25, -0.2) is 9.59 Å². The van der Waals surface area contributed by atoms with E-state index in [-0.39, 0.29) is 30.4 Å². The molecule has 98 heavy (non-hydrogen) atoms. The topological polar surface area (TPSA) is 163 Å². The fourth-order valence-corrected chi connectivity index (χ4v) is 14.4. The van der Waals surface area contributed by atoms with Crippen LogP contribution in [0.3, 0.4) is 0 Å². The van der Waals surface area contributed by atoms with Gasteiger partial charge in [0.15, 0.2) is 0 Å². The van der Waals surface area contributed by atoms with E-state index in [0.717, 1.165) is 155 Å². The van der Waals surface area contributed by atoms with E-state index in [2.05, 4.69) is 168 Å². The number of aryl methyl sites for hydroxylation is 4. The van der Waals surface area contributed by atoms with Crippen molar-refractivity contribution in [2.24, 2.45) is 11.8 Å². The van der Waals surface area contributed by atoms with Crippen LogP contribution in [-0.4, -0.2) is 142 Å². The number of nitrogens with one attached hydrogen (secondary N) is 1. The summed E-state index contributed by atoms with van der Waals surface area (Å²) in [6.45, 7) is 32.1. The standard InChI is InChI=1S/C33H38N4O.C22H24N2O2.C16H24N2O2.C11H16N2.ClH/c1-24-19-25(2)31(33(38)36-17-18-37(26(3)23-36)30-10-5-4-6-11-30)21-29(24)20-27-13-15-35(16-14-27)32-12-8-7-9-28(32)22-34;1-15-11-16(2)20(22(25)26)13-19(15)12-17-7-9-24(10-8-17)21-6-4-3-5-18(21)14-23;1-13-12-17(15(19)20-16(2,3)4)10-11-18(13)14-8-6-5-7-9-14;1-10-9-12-7-8-13(10)11-5-3-2-4-6-11;/h4-12,19,21,26-27H,13-18,20,23H2,1-3H3;3-6,11,13,17H,7-10,12H2,1-2H3,(H,25,26);5-9,13H,10-12H2,1-4H3;2-6,10,12H,7-9H2,1H3;1H/t26-;;13-;10-;/m1.11./s1. The molecule has 0 bridgehead atoms. The molecule has 5 aliphatic rings. The lowest BCUT2D eigenvalue weighted by atomic mass is 9.86. The molecule has 7 aromatic carbocycles. The Labute approximate surface area is 590 Å². The van der Waals surface area contributed by atoms with E-state index in [1.807, 2.05) is 111 Å². The van der Waals surface area contributed by atoms with Crippen molar-refractivity contribution in [3.63, 3.8) is 0 Å². The number of piperidine rings is 2. The predicted molar refractivity (Wildman–Crippen MR) is 402 cm³/mol. The molecule has 2 amide bonds. The van der Waals surface area contributed by atoms with Gasteiger partial charge < -0.3 is 49.5 Å². The zero-order valence-electron chi connectivity index (χ0n) is 59.4. The van der Waals surface area contributed by atoms with Crippen LogP contribution in [0.1, 0.15) is 132 Å². The Balaban J connectivity index is 0.000000178. The minimum Gasteiger partial charge on any atom is -0.478 e. The van der Waals surface area contributed by atoms with Gasteiger partial charge in [0, 0.05) is 126 Å². The largest absolute Gasteiger partial charge is 0.478 e. The van der Waals surface area contributed by atoms with E-state index >= 15 is 0 Å². The van der Waals surface area contributed by atoms with Gasteiger partial charge in [0.05, 0.1) is 28.1 Å². The van der Waals surface area contributed by atoms with E-state index in [4.69, 9.17) is 4.74 Å². The first-order valence-corrected chi connectivity index (χ1v) is 35.0. The molecule has 0 spiro atoms. The van der Waals surface area contributed by atoms with Gasteiger partial charge in [-0.3, -0.25) is 4.79 Å². The highest BCUT2D eigenvalue weighted by Gasteiger charge is 2.32. The van der Waals surface area contributed by atoms with Crippen molar-refractivity contribution < 1.29 is 24.2 Å². The minimum atomic E-state index is -0.855. The van der Waals surface area contributed by atoms with Crippen LogP contribution in [0.15, 0.2) is 164 Å². The second-order valence-corrected chi connectivity index (χ2v) is 28.0. The molecular formula is C82H103ClN10O5. The monoisotopic (exact) mass is 1340 g/mol. The molecule has 15 nitrogen and oxygen atoms in total. The highest BCUT2D eigenvalue weighted by atomic mass is 35.5. The van der Waals surface area contributed by atoms with Crippen molar-refractivity contribution in [1.29, 1.82) is 10.5 Å². The van der Waals surface area contributed by atoms with E-state index < -0.39 is 11.6 Å². The lowest BCUT2D eigenvalue weighted by Gasteiger charge is -2.41. The first kappa shape index (κ1) is 74.8. The highest BCUT2D eigenvalue weighted by molar-refractivity contribution is 5.96. The number of amides is 2. The summed E-state index contributed by atoms with van der Waals surface area (Å²) in [6, 6.07) is 61.1. The number of nitrogens with zero attached hydrogens (tertiary/aromatic N) is 9. The number of halogens is 1. The predicted octanol–water partition coefficient (Wildman–Crippen LogP) is 15.4. The Hall–Kier alpha value is -9.02. The Morgan fingerprint density at radius 2 is 0.888 bits per heavy atom. The van der Waals surface area contributed by atoms with Gasteiger partial charge in [-0.1, -0.05) is 91.0 Å². The summed E-state index contributed by atoms with van der Waals surface area (Å²) >= 11 is 0. The number of carbonyl (C=O) groups excluding carboxylic acids is 2. The number of carboxylic acids is 1. The zero-order chi connectivity index (χ0) is 69.2. The van der Waals surface area contributed by atoms with Crippen molar-refractivity contribution in [1.82, 2.24) is 15.1 Å². The number of anilines is 5. The number of rotatable bonds is 11. The van der Waals surface area contributed by atoms with Crippen LogP contribution in [0, 0.1) is 62.2 Å². The Morgan fingerprint density at radius 3 is 1.30 bits per heavy atom. The second-order valence-electron chi connectivity index (χ2n) is 28.0. The summed E-state index contributed by atoms with van der Waals surface area (Å²) in [5, 5.41) is 31.5. The minimum absolute atomic E-state index is 0. The Morgan fingerprint density at radius 1 is 0.500 bits per heavy atom. The third kappa shape index (κ3) is 20.1. The molecular weight excluding hydrogens is 1240 g/mol. The molecule has 7 aromatic rings. The van der Waals surface area contributed by atoms with Crippen molar-refractivity contribution in [2.45, 2.75) is 131 Å². The maximum atomic E-state index is 13.7. The summed E-state index contributed by atoms with van der Waals surface area (Å²) in [6.07, 6.45) is 5.99. The molecule has 5 fully saturated rings. The number of ether oxygens (including phenoxy) is 1. The van der Waals surface area contributed by atoms with Crippen molar-refractivity contribution >= 4 is 58.8 Å². The first-order chi connectivity index (χ1) is 46.7. The number of benzene rings is 7. The van der Waals surface area contributed by atoms with Crippen LogP contribution >= 0.6 is 12.4 Å². The van der Waals surface area contributed by atoms with Gasteiger partial charge in [0.25, 0.3) is 5.91 Å². The fraction of sp³-hybridized carbons (Fsp3) is 0.427. The lowest BCUT2D eigenvalue weighted by molar-refractivity contribution is 0.0218. The number of para-hydroxylation sites is 5. The summed E-state index contributed by atoms with van der Waals surface area (Å²) in [4.78, 5) is 52.9. The molecule has 5 aliphatic heterocycles. The van der Waals surface area contributed by atoms with E-state index in [1.54, 1.807) is 4.90 Å². The summed E-state index contributed by atoms with van der Waals surface area (Å²) in [7, 11) is 0. The third-order valence-corrected chi connectivity index (χ3v) is 19.8. The number of carbonyl (C=O) groups is 3. The number of nitriles is 2. The maximum absolute atomic E-state index is 13.7. The maximum Gasteiger partial charge on any atom is 0.410 e. The van der Waals surface area contributed by atoms with Crippen LogP contribution in [-0.2, 0) is 17.6 Å². The van der Waals surface area contributed by atoms with Crippen molar-refractivity contribution in [3.05, 3.63) is 219 Å². The summed E-state index contributed by atoms with van der Waals surface area (Å²) < 4.78 is 5.43. The quantitative estimate of drug-likeness (QED) is 0.126. The lowest BCUT2D eigenvalue weighted by Crippen LogP contribution is -2.54. The van der Waals surface area contributed by atoms with Gasteiger partial charge in [-0.2, -0.15) is 10.5 Å². The van der Waals surface area contributed by atoms with Gasteiger partial charge in [-0.05, 0) is 226 Å². The first-order valence-electron chi connectivity index (χ1n) is 35.0. The SMILES string of the molecule is C[C@@H]1CN(C(=O)OC(C)(C)C)CCN1c1ccccc1.C[C@@H]1CNCCN1c1ccccc1.Cc1cc(C)c(C(=O)N2CCN(c3ccccc3)[C@H](C)C2)cc1CC1CCN(c2ccccc2C#N)CC1.Cc1cc(C)c(C(=O)O)cc1CC1CCN(c2ccccc2C#N)CC1.Cl. The Bertz CT molecular complexity index is 3820. The highest BCUT2D eigenvalue weighted by Crippen LogP contribution is 2.33. The van der Waals surface area contributed by atoms with Gasteiger partial charge >= 0.3 is 12.1 Å². The van der Waals surface area contributed by atoms with Crippen LogP contribution in [0.4, 0.5) is 33.2 Å². The molecule has 5 heterocycles. The van der Waals surface area contributed by atoms with E-state index in [0.29, 0.717) is 42.6 Å². The van der Waals surface area contributed by atoms with Gasteiger partial charge in [0.1, 0.15) is 17.7 Å². The third-order valence-electron chi connectivity index (χ3n) is 19.8. The van der Waals surface area contributed by atoms with Crippen molar-refractivity contribution in [2.75, 3.05) is 110 Å². The number of hydrogen-bond acceptors (Lipinski definition) is 12.